The van der Waals surface area contributed by atoms with Crippen LogP contribution in [-0.2, 0) is 27.8 Å². The summed E-state index contributed by atoms with van der Waals surface area (Å²) in [4.78, 5) is 18.3. The van der Waals surface area contributed by atoms with Crippen molar-refractivity contribution in [2.24, 2.45) is 0 Å². The lowest BCUT2D eigenvalue weighted by atomic mass is 10.1. The zero-order chi connectivity index (χ0) is 22.2. The second-order valence-electron chi connectivity index (χ2n) is 7.53. The Morgan fingerprint density at radius 2 is 2.00 bits per heavy atom. The number of sulfonamides is 1. The zero-order valence-electron chi connectivity index (χ0n) is 17.7. The molecule has 0 saturated heterocycles. The number of fused-ring (bicyclic) bond motifs is 1. The fraction of sp³-hybridized carbons (Fsp3) is 0.318. The van der Waals surface area contributed by atoms with Crippen molar-refractivity contribution >= 4 is 21.6 Å². The van der Waals surface area contributed by atoms with Gasteiger partial charge in [-0.15, -0.1) is 0 Å². The maximum Gasteiger partial charge on any atom is 0.243 e. The normalized spacial score (nSPS) is 13.6. The van der Waals surface area contributed by atoms with Gasteiger partial charge in [0, 0.05) is 31.3 Å². The molecule has 1 aliphatic heterocycles. The van der Waals surface area contributed by atoms with E-state index in [-0.39, 0.29) is 23.2 Å². The Hall–Kier alpha value is -3.04. The summed E-state index contributed by atoms with van der Waals surface area (Å²) in [6, 6.07) is 12.5. The summed E-state index contributed by atoms with van der Waals surface area (Å²) in [6.07, 6.45) is 1.05. The molecular weight excluding hydrogens is 416 g/mol. The van der Waals surface area contributed by atoms with Crippen LogP contribution in [0.4, 0.5) is 5.69 Å². The first-order valence-corrected chi connectivity index (χ1v) is 11.5. The Morgan fingerprint density at radius 1 is 1.23 bits per heavy atom. The van der Waals surface area contributed by atoms with E-state index in [0.717, 1.165) is 22.4 Å². The standard InChI is InChI=1S/C22H24N4O4S/c1-4-21(27)26-12-11-16-13-17(9-10-19(16)26)31(28,29)25(3)14-20-23-22(24-30-20)18-8-6-5-7-15(18)2/h5-10,13H,4,11-12,14H2,1-3H3. The van der Waals surface area contributed by atoms with Gasteiger partial charge in [0.25, 0.3) is 0 Å². The number of rotatable bonds is 6. The first-order chi connectivity index (χ1) is 14.8. The molecule has 0 unspecified atom stereocenters. The number of carbonyl (C=O) groups is 1. The number of anilines is 1. The van der Waals surface area contributed by atoms with Crippen molar-refractivity contribution in [3.63, 3.8) is 0 Å². The van der Waals surface area contributed by atoms with E-state index >= 15 is 0 Å². The van der Waals surface area contributed by atoms with Crippen molar-refractivity contribution in [1.29, 1.82) is 0 Å². The van der Waals surface area contributed by atoms with Gasteiger partial charge >= 0.3 is 0 Å². The van der Waals surface area contributed by atoms with E-state index in [1.54, 1.807) is 23.1 Å². The summed E-state index contributed by atoms with van der Waals surface area (Å²) < 4.78 is 32.7. The molecule has 3 aromatic rings. The third kappa shape index (κ3) is 3.98. The summed E-state index contributed by atoms with van der Waals surface area (Å²) >= 11 is 0. The molecule has 1 aliphatic rings. The molecule has 162 valence electrons. The van der Waals surface area contributed by atoms with Gasteiger partial charge in [0.2, 0.25) is 27.6 Å². The number of hydrogen-bond donors (Lipinski definition) is 0. The number of hydrogen-bond acceptors (Lipinski definition) is 6. The van der Waals surface area contributed by atoms with Gasteiger partial charge < -0.3 is 9.42 Å². The summed E-state index contributed by atoms with van der Waals surface area (Å²) in [5, 5.41) is 3.99. The van der Waals surface area contributed by atoms with E-state index in [9.17, 15) is 13.2 Å². The summed E-state index contributed by atoms with van der Waals surface area (Å²) in [5.41, 5.74) is 3.49. The molecule has 2 heterocycles. The predicted octanol–water partition coefficient (Wildman–Crippen LogP) is 3.16. The number of aryl methyl sites for hydroxylation is 1. The second kappa shape index (κ2) is 8.24. The minimum absolute atomic E-state index is 0.0346. The molecule has 0 radical (unpaired) electrons. The smallest absolute Gasteiger partial charge is 0.243 e. The Morgan fingerprint density at radius 3 is 2.74 bits per heavy atom. The molecule has 8 nitrogen and oxygen atoms in total. The fourth-order valence-corrected chi connectivity index (χ4v) is 4.87. The maximum atomic E-state index is 13.1. The van der Waals surface area contributed by atoms with Crippen LogP contribution in [0.15, 0.2) is 51.9 Å². The molecule has 0 saturated carbocycles. The molecule has 0 bridgehead atoms. The van der Waals surface area contributed by atoms with Gasteiger partial charge in [-0.3, -0.25) is 4.79 Å². The molecule has 0 aliphatic carbocycles. The average molecular weight is 441 g/mol. The predicted molar refractivity (Wildman–Crippen MR) is 116 cm³/mol. The Kier molecular flexibility index (Phi) is 5.63. The van der Waals surface area contributed by atoms with Crippen molar-refractivity contribution in [1.82, 2.24) is 14.4 Å². The molecular formula is C22H24N4O4S. The maximum absolute atomic E-state index is 13.1. The topological polar surface area (TPSA) is 96.6 Å². The van der Waals surface area contributed by atoms with E-state index < -0.39 is 10.0 Å². The molecule has 0 atom stereocenters. The van der Waals surface area contributed by atoms with Gasteiger partial charge in [-0.05, 0) is 42.7 Å². The molecule has 0 N–H and O–H groups in total. The van der Waals surface area contributed by atoms with E-state index in [1.807, 2.05) is 38.1 Å². The molecule has 4 rings (SSSR count). The second-order valence-corrected chi connectivity index (χ2v) is 9.57. The first-order valence-electron chi connectivity index (χ1n) is 10.1. The number of benzene rings is 2. The highest BCUT2D eigenvalue weighted by molar-refractivity contribution is 7.89. The van der Waals surface area contributed by atoms with Gasteiger partial charge in [-0.2, -0.15) is 9.29 Å². The molecule has 2 aromatic carbocycles. The van der Waals surface area contributed by atoms with Crippen molar-refractivity contribution in [2.45, 2.75) is 38.1 Å². The summed E-state index contributed by atoms with van der Waals surface area (Å²) in [6.45, 7) is 4.30. The highest BCUT2D eigenvalue weighted by Gasteiger charge is 2.28. The van der Waals surface area contributed by atoms with Gasteiger partial charge in [0.1, 0.15) is 0 Å². The molecule has 1 aromatic heterocycles. The lowest BCUT2D eigenvalue weighted by Crippen LogP contribution is -2.28. The molecule has 31 heavy (non-hydrogen) atoms. The minimum atomic E-state index is -3.76. The Labute approximate surface area is 181 Å². The van der Waals surface area contributed by atoms with E-state index in [4.69, 9.17) is 4.52 Å². The van der Waals surface area contributed by atoms with Crippen LogP contribution in [0.5, 0.6) is 0 Å². The van der Waals surface area contributed by atoms with Crippen LogP contribution >= 0.6 is 0 Å². The molecule has 0 fully saturated rings. The summed E-state index contributed by atoms with van der Waals surface area (Å²) in [7, 11) is -2.28. The van der Waals surface area contributed by atoms with E-state index in [1.165, 1.54) is 11.4 Å². The van der Waals surface area contributed by atoms with Gasteiger partial charge in [-0.25, -0.2) is 8.42 Å². The van der Waals surface area contributed by atoms with Crippen LogP contribution < -0.4 is 4.90 Å². The minimum Gasteiger partial charge on any atom is -0.338 e. The number of aromatic nitrogens is 2. The van der Waals surface area contributed by atoms with Gasteiger partial charge in [0.05, 0.1) is 11.4 Å². The highest BCUT2D eigenvalue weighted by Crippen LogP contribution is 2.31. The molecule has 9 heteroatoms. The molecule has 0 spiro atoms. The lowest BCUT2D eigenvalue weighted by Gasteiger charge is -2.18. The van der Waals surface area contributed by atoms with Crippen molar-refractivity contribution in [3.8, 4) is 11.4 Å². The van der Waals surface area contributed by atoms with Gasteiger partial charge in [0.15, 0.2) is 0 Å². The van der Waals surface area contributed by atoms with Crippen molar-refractivity contribution < 1.29 is 17.7 Å². The van der Waals surface area contributed by atoms with Gasteiger partial charge in [-0.1, -0.05) is 36.3 Å². The molecule has 1 amide bonds. The van der Waals surface area contributed by atoms with Crippen LogP contribution in [0, 0.1) is 6.92 Å². The third-order valence-corrected chi connectivity index (χ3v) is 7.27. The SMILES string of the molecule is CCC(=O)N1CCc2cc(S(=O)(=O)N(C)Cc3nc(-c4ccccc4C)no3)ccc21. The number of nitrogens with zero attached hydrogens (tertiary/aromatic N) is 4. The van der Waals surface area contributed by atoms with Crippen LogP contribution in [-0.4, -0.2) is 42.4 Å². The highest BCUT2D eigenvalue weighted by atomic mass is 32.2. The van der Waals surface area contributed by atoms with E-state index in [2.05, 4.69) is 10.1 Å². The number of carbonyl (C=O) groups excluding carboxylic acids is 1. The quantitative estimate of drug-likeness (QED) is 0.584. The van der Waals surface area contributed by atoms with Crippen molar-refractivity contribution in [3.05, 3.63) is 59.5 Å². The van der Waals surface area contributed by atoms with Crippen LogP contribution in [0.2, 0.25) is 0 Å². The lowest BCUT2D eigenvalue weighted by molar-refractivity contribution is -0.118. The first kappa shape index (κ1) is 21.2. The van der Waals surface area contributed by atoms with Crippen LogP contribution in [0.1, 0.15) is 30.4 Å². The van der Waals surface area contributed by atoms with E-state index in [0.29, 0.717) is 25.2 Å². The Bertz CT molecular complexity index is 1240. The van der Waals surface area contributed by atoms with Crippen molar-refractivity contribution in [2.75, 3.05) is 18.5 Å². The number of amides is 1. The fourth-order valence-electron chi connectivity index (χ4n) is 3.70. The average Bonchev–Trinajstić information content (AvgIpc) is 3.40. The summed E-state index contributed by atoms with van der Waals surface area (Å²) in [5.74, 6) is 0.676. The van der Waals surface area contributed by atoms with Crippen LogP contribution in [0.25, 0.3) is 11.4 Å². The monoisotopic (exact) mass is 440 g/mol. The van der Waals surface area contributed by atoms with Crippen LogP contribution in [0.3, 0.4) is 0 Å². The largest absolute Gasteiger partial charge is 0.338 e. The zero-order valence-corrected chi connectivity index (χ0v) is 18.5. The third-order valence-electron chi connectivity index (χ3n) is 5.47. The Balaban J connectivity index is 1.54.